The second-order valence-corrected chi connectivity index (χ2v) is 5.57. The summed E-state index contributed by atoms with van der Waals surface area (Å²) in [6.07, 6.45) is 3.86. The van der Waals surface area contributed by atoms with Crippen LogP contribution in [0.2, 0.25) is 4.34 Å². The number of benzene rings is 1. The molecule has 98 valence electrons. The number of hydrogen-bond donors (Lipinski definition) is 0. The van der Waals surface area contributed by atoms with Crippen LogP contribution < -0.4 is 0 Å². The average molecular weight is 293 g/mol. The zero-order chi connectivity index (χ0) is 13.5. The fourth-order valence-electron chi connectivity index (χ4n) is 1.50. The molecule has 1 aromatic carbocycles. The lowest BCUT2D eigenvalue weighted by Gasteiger charge is -1.98. The van der Waals surface area contributed by atoms with Crippen LogP contribution in [-0.2, 0) is 4.74 Å². The van der Waals surface area contributed by atoms with E-state index in [0.29, 0.717) is 15.8 Å². The molecule has 0 saturated heterocycles. The minimum atomic E-state index is -0.0370. The molecule has 0 saturated carbocycles. The lowest BCUT2D eigenvalue weighted by molar-refractivity contribution is 0.0811. The predicted octanol–water partition coefficient (Wildman–Crippen LogP) is 4.31. The number of hydrogen-bond acceptors (Lipinski definition) is 3. The highest BCUT2D eigenvalue weighted by molar-refractivity contribution is 7.18. The topological polar surface area (TPSA) is 26.3 Å². The maximum Gasteiger partial charge on any atom is 0.198 e. The number of rotatable bonds is 6. The van der Waals surface area contributed by atoms with Crippen molar-refractivity contribution in [3.05, 3.63) is 63.3 Å². The molecule has 0 N–H and O–H groups in total. The maximum atomic E-state index is 11.7. The van der Waals surface area contributed by atoms with Gasteiger partial charge in [-0.1, -0.05) is 54.1 Å². The Morgan fingerprint density at radius 2 is 2.00 bits per heavy atom. The Morgan fingerprint density at radius 1 is 1.21 bits per heavy atom. The molecule has 2 nitrogen and oxygen atoms in total. The summed E-state index contributed by atoms with van der Waals surface area (Å²) in [6.45, 7) is 0.496. The van der Waals surface area contributed by atoms with Gasteiger partial charge in [0.25, 0.3) is 0 Å². The van der Waals surface area contributed by atoms with Gasteiger partial charge in [0, 0.05) is 0 Å². The van der Waals surface area contributed by atoms with Gasteiger partial charge in [0.1, 0.15) is 6.61 Å². The Morgan fingerprint density at radius 3 is 2.68 bits per heavy atom. The van der Waals surface area contributed by atoms with Crippen LogP contribution in [0.5, 0.6) is 0 Å². The quantitative estimate of drug-likeness (QED) is 0.586. The molecule has 1 heterocycles. The number of carbonyl (C=O) groups excluding carboxylic acids is 1. The standard InChI is InChI=1S/C15H13ClO2S/c16-15-9-8-14(19-15)13(17)11-18-10-4-7-12-5-2-1-3-6-12/h1-9H,10-11H2. The van der Waals surface area contributed by atoms with Crippen molar-refractivity contribution in [1.82, 2.24) is 0 Å². The van der Waals surface area contributed by atoms with E-state index in [1.807, 2.05) is 42.5 Å². The minimum absolute atomic E-state index is 0.0370. The zero-order valence-corrected chi connectivity index (χ0v) is 11.8. The van der Waals surface area contributed by atoms with Crippen LogP contribution >= 0.6 is 22.9 Å². The van der Waals surface area contributed by atoms with Gasteiger partial charge in [-0.05, 0) is 17.7 Å². The summed E-state index contributed by atoms with van der Waals surface area (Å²) in [5, 5.41) is 0. The van der Waals surface area contributed by atoms with E-state index in [-0.39, 0.29) is 12.4 Å². The molecule has 19 heavy (non-hydrogen) atoms. The molecule has 0 aliphatic rings. The van der Waals surface area contributed by atoms with Gasteiger partial charge in [0.2, 0.25) is 0 Å². The molecule has 0 aliphatic carbocycles. The van der Waals surface area contributed by atoms with Crippen molar-refractivity contribution < 1.29 is 9.53 Å². The third kappa shape index (κ3) is 4.63. The van der Waals surface area contributed by atoms with Crippen LogP contribution in [0.3, 0.4) is 0 Å². The summed E-state index contributed by atoms with van der Waals surface area (Å²) in [5.41, 5.74) is 1.11. The number of Topliss-reactive ketones (excluding diaryl/α,β-unsaturated/α-hetero) is 1. The van der Waals surface area contributed by atoms with Gasteiger partial charge in [-0.3, -0.25) is 4.79 Å². The summed E-state index contributed by atoms with van der Waals surface area (Å²) in [4.78, 5) is 12.3. The third-order valence-electron chi connectivity index (χ3n) is 2.41. The van der Waals surface area contributed by atoms with Crippen LogP contribution in [0, 0.1) is 0 Å². The first-order chi connectivity index (χ1) is 9.25. The maximum absolute atomic E-state index is 11.7. The molecule has 2 rings (SSSR count). The van der Waals surface area contributed by atoms with E-state index in [2.05, 4.69) is 0 Å². The molecule has 0 amide bonds. The molecule has 0 atom stereocenters. The van der Waals surface area contributed by atoms with Crippen LogP contribution in [0.25, 0.3) is 6.08 Å². The van der Waals surface area contributed by atoms with Crippen molar-refractivity contribution in [1.29, 1.82) is 0 Å². The van der Waals surface area contributed by atoms with E-state index in [9.17, 15) is 4.79 Å². The lowest BCUT2D eigenvalue weighted by Crippen LogP contribution is -2.07. The molecule has 0 unspecified atom stereocenters. The zero-order valence-electron chi connectivity index (χ0n) is 10.2. The van der Waals surface area contributed by atoms with E-state index in [0.717, 1.165) is 5.56 Å². The van der Waals surface area contributed by atoms with Crippen LogP contribution in [-0.4, -0.2) is 19.0 Å². The molecule has 1 aromatic heterocycles. The monoisotopic (exact) mass is 292 g/mol. The molecular weight excluding hydrogens is 280 g/mol. The fraction of sp³-hybridized carbons (Fsp3) is 0.133. The summed E-state index contributed by atoms with van der Waals surface area (Å²) in [5.74, 6) is -0.0370. The van der Waals surface area contributed by atoms with Crippen molar-refractivity contribution >= 4 is 34.8 Å². The van der Waals surface area contributed by atoms with Crippen LogP contribution in [0.15, 0.2) is 48.5 Å². The molecule has 0 fully saturated rings. The highest BCUT2D eigenvalue weighted by Gasteiger charge is 2.07. The first-order valence-electron chi connectivity index (χ1n) is 5.83. The number of thiophene rings is 1. The second kappa shape index (κ2) is 7.24. The van der Waals surface area contributed by atoms with E-state index in [1.165, 1.54) is 11.3 Å². The third-order valence-corrected chi connectivity index (χ3v) is 3.68. The first kappa shape index (κ1) is 14.0. The SMILES string of the molecule is O=C(COCC=Cc1ccccc1)c1ccc(Cl)s1. The molecular formula is C15H13ClO2S. The van der Waals surface area contributed by atoms with Crippen molar-refractivity contribution in [2.45, 2.75) is 0 Å². The van der Waals surface area contributed by atoms with E-state index < -0.39 is 0 Å². The Kier molecular flexibility index (Phi) is 5.33. The Labute approximate surface area is 121 Å². The summed E-state index contributed by atoms with van der Waals surface area (Å²) < 4.78 is 5.93. The van der Waals surface area contributed by atoms with Gasteiger partial charge in [-0.25, -0.2) is 0 Å². The summed E-state index contributed by atoms with van der Waals surface area (Å²) in [6, 6.07) is 13.4. The number of halogens is 1. The summed E-state index contributed by atoms with van der Waals surface area (Å²) >= 11 is 7.04. The van der Waals surface area contributed by atoms with Crippen LogP contribution in [0.4, 0.5) is 0 Å². The van der Waals surface area contributed by atoms with Gasteiger partial charge < -0.3 is 4.74 Å². The number of carbonyl (C=O) groups is 1. The molecule has 0 spiro atoms. The van der Waals surface area contributed by atoms with Gasteiger partial charge in [0.15, 0.2) is 5.78 Å². The van der Waals surface area contributed by atoms with Crippen molar-refractivity contribution in [3.8, 4) is 0 Å². The van der Waals surface area contributed by atoms with E-state index in [4.69, 9.17) is 16.3 Å². The largest absolute Gasteiger partial charge is 0.369 e. The Balaban J connectivity index is 1.72. The van der Waals surface area contributed by atoms with E-state index >= 15 is 0 Å². The Bertz CT molecular complexity index is 561. The number of ketones is 1. The molecule has 0 aliphatic heterocycles. The number of ether oxygens (including phenoxy) is 1. The predicted molar refractivity (Wildman–Crippen MR) is 80.0 cm³/mol. The summed E-state index contributed by atoms with van der Waals surface area (Å²) in [7, 11) is 0. The molecule has 2 aromatic rings. The normalized spacial score (nSPS) is 11.0. The minimum Gasteiger partial charge on any atom is -0.369 e. The fourth-order valence-corrected chi connectivity index (χ4v) is 2.47. The average Bonchev–Trinajstić information content (AvgIpc) is 2.86. The van der Waals surface area contributed by atoms with Crippen LogP contribution in [0.1, 0.15) is 15.2 Å². The first-order valence-corrected chi connectivity index (χ1v) is 7.03. The van der Waals surface area contributed by atoms with E-state index in [1.54, 1.807) is 12.1 Å². The molecule has 0 bridgehead atoms. The molecule has 0 radical (unpaired) electrons. The highest BCUT2D eigenvalue weighted by Crippen LogP contribution is 2.21. The highest BCUT2D eigenvalue weighted by atomic mass is 35.5. The van der Waals surface area contributed by atoms with Crippen molar-refractivity contribution in [3.63, 3.8) is 0 Å². The lowest BCUT2D eigenvalue weighted by atomic mass is 10.2. The van der Waals surface area contributed by atoms with Gasteiger partial charge >= 0.3 is 0 Å². The smallest absolute Gasteiger partial charge is 0.198 e. The van der Waals surface area contributed by atoms with Crippen molar-refractivity contribution in [2.75, 3.05) is 13.2 Å². The van der Waals surface area contributed by atoms with Gasteiger partial charge in [-0.15, -0.1) is 11.3 Å². The Hall–Kier alpha value is -1.42. The molecule has 4 heteroatoms. The van der Waals surface area contributed by atoms with Gasteiger partial charge in [0.05, 0.1) is 15.8 Å². The second-order valence-electron chi connectivity index (χ2n) is 3.86. The van der Waals surface area contributed by atoms with Gasteiger partial charge in [-0.2, -0.15) is 0 Å². The van der Waals surface area contributed by atoms with Crippen molar-refractivity contribution in [2.24, 2.45) is 0 Å².